The molecule has 2 nitrogen and oxygen atoms in total. The van der Waals surface area contributed by atoms with Gasteiger partial charge in [0.2, 0.25) is 0 Å². The molecule has 0 heterocycles. The van der Waals surface area contributed by atoms with E-state index >= 15 is 0 Å². The van der Waals surface area contributed by atoms with Crippen LogP contribution >= 0.6 is 22.6 Å². The second kappa shape index (κ2) is 6.82. The highest BCUT2D eigenvalue weighted by Gasteiger charge is 2.09. The summed E-state index contributed by atoms with van der Waals surface area (Å²) in [6.07, 6.45) is 0. The number of likely N-dealkylation sites (N-methyl/N-ethyl adjacent to an activating group) is 1. The number of nitrogens with one attached hydrogen (secondary N) is 1. The van der Waals surface area contributed by atoms with Gasteiger partial charge in [0.05, 0.1) is 0 Å². The summed E-state index contributed by atoms with van der Waals surface area (Å²) >= 11 is 2.19. The molecule has 0 atom stereocenters. The van der Waals surface area contributed by atoms with Crippen LogP contribution in [0, 0.1) is 9.39 Å². The zero-order chi connectivity index (χ0) is 13.8. The Morgan fingerprint density at radius 3 is 2.56 bits per heavy atom. The third-order valence-corrected chi connectivity index (χ3v) is 3.61. The topological polar surface area (TPSA) is 15.3 Å². The predicted octanol–water partition coefficient (Wildman–Crippen LogP) is 3.25. The first-order valence-electron chi connectivity index (χ1n) is 6.15. The zero-order valence-electron chi connectivity index (χ0n) is 11.6. The summed E-state index contributed by atoms with van der Waals surface area (Å²) in [4.78, 5) is 2.24. The van der Waals surface area contributed by atoms with Crippen molar-refractivity contribution in [2.75, 3.05) is 20.1 Å². The monoisotopic (exact) mass is 364 g/mol. The van der Waals surface area contributed by atoms with E-state index in [9.17, 15) is 4.39 Å². The van der Waals surface area contributed by atoms with Crippen molar-refractivity contribution in [1.82, 2.24) is 10.2 Å². The van der Waals surface area contributed by atoms with E-state index < -0.39 is 0 Å². The van der Waals surface area contributed by atoms with E-state index in [1.54, 1.807) is 6.07 Å². The minimum absolute atomic E-state index is 0.158. The molecule has 18 heavy (non-hydrogen) atoms. The molecule has 0 aliphatic heterocycles. The molecule has 0 saturated carbocycles. The largest absolute Gasteiger partial charge is 0.311 e. The number of hydrogen-bond donors (Lipinski definition) is 1. The SMILES string of the molecule is CN(CCNC(C)(C)C)Cc1ccc(F)cc1I. The van der Waals surface area contributed by atoms with E-state index in [0.29, 0.717) is 0 Å². The quantitative estimate of drug-likeness (QED) is 0.807. The minimum Gasteiger partial charge on any atom is -0.311 e. The van der Waals surface area contributed by atoms with Crippen molar-refractivity contribution in [3.05, 3.63) is 33.1 Å². The van der Waals surface area contributed by atoms with E-state index in [4.69, 9.17) is 0 Å². The summed E-state index contributed by atoms with van der Waals surface area (Å²) in [6.45, 7) is 9.27. The lowest BCUT2D eigenvalue weighted by Crippen LogP contribution is -2.40. The van der Waals surface area contributed by atoms with E-state index in [1.165, 1.54) is 11.6 Å². The molecule has 1 rings (SSSR count). The lowest BCUT2D eigenvalue weighted by atomic mass is 10.1. The van der Waals surface area contributed by atoms with Crippen LogP contribution in [0.1, 0.15) is 26.3 Å². The van der Waals surface area contributed by atoms with Gasteiger partial charge in [0, 0.05) is 28.7 Å². The molecule has 0 spiro atoms. The lowest BCUT2D eigenvalue weighted by Gasteiger charge is -2.23. The molecule has 0 saturated heterocycles. The Labute approximate surface area is 123 Å². The smallest absolute Gasteiger partial charge is 0.124 e. The van der Waals surface area contributed by atoms with Crippen molar-refractivity contribution >= 4 is 22.6 Å². The maximum absolute atomic E-state index is 13.0. The molecule has 0 radical (unpaired) electrons. The fourth-order valence-corrected chi connectivity index (χ4v) is 2.29. The molecule has 0 unspecified atom stereocenters. The van der Waals surface area contributed by atoms with Crippen LogP contribution in [-0.4, -0.2) is 30.6 Å². The Morgan fingerprint density at radius 1 is 1.33 bits per heavy atom. The highest BCUT2D eigenvalue weighted by molar-refractivity contribution is 14.1. The molecule has 102 valence electrons. The molecule has 1 aromatic rings. The van der Waals surface area contributed by atoms with Gasteiger partial charge >= 0.3 is 0 Å². The first-order chi connectivity index (χ1) is 8.28. The van der Waals surface area contributed by atoms with Crippen LogP contribution < -0.4 is 5.32 Å². The molecule has 1 aromatic carbocycles. The summed E-state index contributed by atoms with van der Waals surface area (Å²) in [5.74, 6) is -0.166. The molecular formula is C14H22FIN2. The Morgan fingerprint density at radius 2 is 2.00 bits per heavy atom. The average Bonchev–Trinajstić information content (AvgIpc) is 2.20. The molecule has 4 heteroatoms. The van der Waals surface area contributed by atoms with Crippen LogP contribution in [0.15, 0.2) is 18.2 Å². The minimum atomic E-state index is -0.166. The number of nitrogens with zero attached hydrogens (tertiary/aromatic N) is 1. The van der Waals surface area contributed by atoms with Crippen LogP contribution in [-0.2, 0) is 6.54 Å². The molecule has 0 amide bonds. The summed E-state index contributed by atoms with van der Waals surface area (Å²) in [7, 11) is 2.09. The Balaban J connectivity index is 2.42. The van der Waals surface area contributed by atoms with Gasteiger partial charge in [-0.3, -0.25) is 0 Å². The number of halogens is 2. The second-order valence-electron chi connectivity index (χ2n) is 5.65. The fourth-order valence-electron chi connectivity index (χ4n) is 1.64. The maximum Gasteiger partial charge on any atom is 0.124 e. The summed E-state index contributed by atoms with van der Waals surface area (Å²) < 4.78 is 14.0. The molecule has 0 aromatic heterocycles. The molecule has 0 bridgehead atoms. The van der Waals surface area contributed by atoms with Gasteiger partial charge in [0.25, 0.3) is 0 Å². The predicted molar refractivity (Wildman–Crippen MR) is 83.2 cm³/mol. The van der Waals surface area contributed by atoms with Crippen molar-refractivity contribution < 1.29 is 4.39 Å². The van der Waals surface area contributed by atoms with E-state index in [0.717, 1.165) is 23.2 Å². The normalized spacial score (nSPS) is 12.2. The van der Waals surface area contributed by atoms with E-state index in [1.807, 2.05) is 6.07 Å². The third-order valence-electron chi connectivity index (χ3n) is 2.60. The fraction of sp³-hybridized carbons (Fsp3) is 0.571. The highest BCUT2D eigenvalue weighted by Crippen LogP contribution is 2.15. The Kier molecular flexibility index (Phi) is 6.01. The molecule has 0 aliphatic carbocycles. The van der Waals surface area contributed by atoms with Gasteiger partial charge in [-0.2, -0.15) is 0 Å². The van der Waals surface area contributed by atoms with Crippen molar-refractivity contribution in [3.63, 3.8) is 0 Å². The summed E-state index contributed by atoms with van der Waals surface area (Å²) in [5, 5.41) is 3.46. The maximum atomic E-state index is 13.0. The molecule has 0 aliphatic rings. The van der Waals surface area contributed by atoms with Crippen molar-refractivity contribution in [1.29, 1.82) is 0 Å². The lowest BCUT2D eigenvalue weighted by molar-refractivity contribution is 0.303. The van der Waals surface area contributed by atoms with Gasteiger partial charge in [-0.25, -0.2) is 4.39 Å². The van der Waals surface area contributed by atoms with Crippen molar-refractivity contribution in [3.8, 4) is 0 Å². The number of hydrogen-bond acceptors (Lipinski definition) is 2. The van der Waals surface area contributed by atoms with Crippen LogP contribution in [0.4, 0.5) is 4.39 Å². The summed E-state index contributed by atoms with van der Waals surface area (Å²) in [6, 6.07) is 4.97. The van der Waals surface area contributed by atoms with Gasteiger partial charge < -0.3 is 10.2 Å². The van der Waals surface area contributed by atoms with Crippen LogP contribution in [0.3, 0.4) is 0 Å². The van der Waals surface area contributed by atoms with Crippen LogP contribution in [0.5, 0.6) is 0 Å². The molecule has 0 fully saturated rings. The van der Waals surface area contributed by atoms with Gasteiger partial charge in [0.15, 0.2) is 0 Å². The highest BCUT2D eigenvalue weighted by atomic mass is 127. The second-order valence-corrected chi connectivity index (χ2v) is 6.81. The Hall–Kier alpha value is -0.200. The first kappa shape index (κ1) is 15.9. The van der Waals surface area contributed by atoms with Crippen molar-refractivity contribution in [2.24, 2.45) is 0 Å². The van der Waals surface area contributed by atoms with Gasteiger partial charge in [-0.05, 0) is 68.1 Å². The Bertz CT molecular complexity index is 388. The van der Waals surface area contributed by atoms with Gasteiger partial charge in [-0.1, -0.05) is 6.07 Å². The van der Waals surface area contributed by atoms with E-state index in [-0.39, 0.29) is 11.4 Å². The van der Waals surface area contributed by atoms with Gasteiger partial charge in [0.1, 0.15) is 5.82 Å². The number of benzene rings is 1. The molecular weight excluding hydrogens is 342 g/mol. The van der Waals surface area contributed by atoms with Crippen LogP contribution in [0.25, 0.3) is 0 Å². The van der Waals surface area contributed by atoms with Crippen molar-refractivity contribution in [2.45, 2.75) is 32.9 Å². The van der Waals surface area contributed by atoms with Crippen LogP contribution in [0.2, 0.25) is 0 Å². The van der Waals surface area contributed by atoms with Gasteiger partial charge in [-0.15, -0.1) is 0 Å². The zero-order valence-corrected chi connectivity index (χ0v) is 13.7. The standard InChI is InChI=1S/C14H22FIN2/c1-14(2,3)17-7-8-18(4)10-11-5-6-12(15)9-13(11)16/h5-6,9,17H,7-8,10H2,1-4H3. The number of rotatable bonds is 5. The van der Waals surface area contributed by atoms with E-state index in [2.05, 4.69) is 60.6 Å². The average molecular weight is 364 g/mol. The third kappa shape index (κ3) is 6.11. The first-order valence-corrected chi connectivity index (χ1v) is 7.23. The summed E-state index contributed by atoms with van der Waals surface area (Å²) in [5.41, 5.74) is 1.33. The molecule has 1 N–H and O–H groups in total.